The minimum atomic E-state index is -4.11. The minimum absolute atomic E-state index is 0.0894. The predicted molar refractivity (Wildman–Crippen MR) is 66.0 cm³/mol. The van der Waals surface area contributed by atoms with Gasteiger partial charge in [0.1, 0.15) is 16.8 Å². The van der Waals surface area contributed by atoms with Gasteiger partial charge in [0.15, 0.2) is 0 Å². The number of carbonyl (C=O) groups is 1. The monoisotopic (exact) mass is 307 g/mol. The van der Waals surface area contributed by atoms with Crippen molar-refractivity contribution >= 4 is 27.6 Å². The van der Waals surface area contributed by atoms with E-state index in [1.165, 1.54) is 0 Å². The first-order valence-electron chi connectivity index (χ1n) is 5.54. The van der Waals surface area contributed by atoms with Gasteiger partial charge in [-0.15, -0.1) is 0 Å². The number of nitrogens with zero attached hydrogens (tertiary/aromatic N) is 1. The maximum atomic E-state index is 13.2. The highest BCUT2D eigenvalue weighted by Gasteiger charge is 2.40. The van der Waals surface area contributed by atoms with Crippen molar-refractivity contribution in [2.24, 2.45) is 0 Å². The second-order valence-electron chi connectivity index (χ2n) is 4.19. The molecule has 0 bridgehead atoms. The van der Waals surface area contributed by atoms with Crippen LogP contribution in [0.5, 0.6) is 0 Å². The fraction of sp³-hybridized carbons (Fsp3) is 0.364. The lowest BCUT2D eigenvalue weighted by molar-refractivity contribution is -0.140. The van der Waals surface area contributed by atoms with Crippen LogP contribution >= 0.6 is 11.6 Å². The summed E-state index contributed by atoms with van der Waals surface area (Å²) in [5.74, 6) is -1.96. The van der Waals surface area contributed by atoms with E-state index in [9.17, 15) is 17.6 Å². The van der Waals surface area contributed by atoms with Crippen LogP contribution in [0.2, 0.25) is 5.02 Å². The number of hydrogen-bond acceptors (Lipinski definition) is 3. The highest BCUT2D eigenvalue weighted by molar-refractivity contribution is 7.89. The molecule has 1 N–H and O–H groups in total. The van der Waals surface area contributed by atoms with E-state index in [0.29, 0.717) is 6.42 Å². The molecule has 1 aliphatic heterocycles. The summed E-state index contributed by atoms with van der Waals surface area (Å²) in [5.41, 5.74) is 0. The number of hydrogen-bond donors (Lipinski definition) is 1. The third-order valence-corrected chi connectivity index (χ3v) is 5.36. The molecule has 0 aliphatic carbocycles. The molecular formula is C11H11ClFNO4S. The highest BCUT2D eigenvalue weighted by atomic mass is 35.5. The van der Waals surface area contributed by atoms with E-state index >= 15 is 0 Å². The van der Waals surface area contributed by atoms with Crippen LogP contribution in [0.1, 0.15) is 12.8 Å². The summed E-state index contributed by atoms with van der Waals surface area (Å²) in [6, 6.07) is 1.86. The summed E-state index contributed by atoms with van der Waals surface area (Å²) in [7, 11) is -4.11. The average molecular weight is 308 g/mol. The van der Waals surface area contributed by atoms with Gasteiger partial charge in [-0.1, -0.05) is 11.6 Å². The molecule has 5 nitrogen and oxygen atoms in total. The molecule has 1 atom stereocenters. The molecule has 0 radical (unpaired) electrons. The van der Waals surface area contributed by atoms with Crippen LogP contribution in [0.25, 0.3) is 0 Å². The van der Waals surface area contributed by atoms with E-state index in [1.807, 2.05) is 0 Å². The number of benzene rings is 1. The van der Waals surface area contributed by atoms with Gasteiger partial charge in [-0.25, -0.2) is 12.8 Å². The summed E-state index contributed by atoms with van der Waals surface area (Å²) in [5, 5.41) is 8.88. The molecule has 0 spiro atoms. The van der Waals surface area contributed by atoms with Crippen molar-refractivity contribution in [1.29, 1.82) is 0 Å². The summed E-state index contributed by atoms with van der Waals surface area (Å²) in [6.45, 7) is 0.0894. The van der Waals surface area contributed by atoms with Crippen LogP contribution in [0.4, 0.5) is 4.39 Å². The molecule has 0 amide bonds. The molecule has 2 rings (SSSR count). The van der Waals surface area contributed by atoms with Crippen molar-refractivity contribution in [1.82, 2.24) is 4.31 Å². The Bertz CT molecular complexity index is 619. The Morgan fingerprint density at radius 3 is 2.79 bits per heavy atom. The third kappa shape index (κ3) is 2.58. The van der Waals surface area contributed by atoms with E-state index in [4.69, 9.17) is 16.7 Å². The van der Waals surface area contributed by atoms with Crippen LogP contribution < -0.4 is 0 Å². The van der Waals surface area contributed by atoms with Crippen molar-refractivity contribution in [3.8, 4) is 0 Å². The Labute approximate surface area is 114 Å². The van der Waals surface area contributed by atoms with Gasteiger partial charge in [0.2, 0.25) is 10.0 Å². The number of aliphatic carboxylic acids is 1. The molecule has 8 heteroatoms. The fourth-order valence-corrected chi connectivity index (χ4v) is 4.21. The molecular weight excluding hydrogens is 297 g/mol. The quantitative estimate of drug-likeness (QED) is 0.922. The maximum Gasteiger partial charge on any atom is 0.322 e. The Hall–Kier alpha value is -1.18. The van der Waals surface area contributed by atoms with Gasteiger partial charge in [0.05, 0.1) is 5.02 Å². The van der Waals surface area contributed by atoms with Crippen molar-refractivity contribution in [3.05, 3.63) is 29.0 Å². The lowest BCUT2D eigenvalue weighted by Gasteiger charge is -2.21. The largest absolute Gasteiger partial charge is 0.480 e. The molecule has 1 aliphatic rings. The van der Waals surface area contributed by atoms with E-state index < -0.39 is 32.7 Å². The molecule has 1 unspecified atom stereocenters. The topological polar surface area (TPSA) is 74.7 Å². The number of sulfonamides is 1. The van der Waals surface area contributed by atoms with Crippen LogP contribution in [-0.4, -0.2) is 36.4 Å². The first-order chi connectivity index (χ1) is 8.84. The van der Waals surface area contributed by atoms with Crippen molar-refractivity contribution in [2.75, 3.05) is 6.54 Å². The normalized spacial score (nSPS) is 20.6. The first-order valence-corrected chi connectivity index (χ1v) is 7.35. The van der Waals surface area contributed by atoms with Crippen molar-refractivity contribution in [3.63, 3.8) is 0 Å². The van der Waals surface area contributed by atoms with Gasteiger partial charge >= 0.3 is 5.97 Å². The second-order valence-corrected chi connectivity index (χ2v) is 6.45. The third-order valence-electron chi connectivity index (χ3n) is 2.97. The first kappa shape index (κ1) is 14.2. The molecule has 0 saturated carbocycles. The number of halogens is 2. The molecule has 1 aromatic carbocycles. The van der Waals surface area contributed by atoms with E-state index in [-0.39, 0.29) is 18.0 Å². The van der Waals surface area contributed by atoms with Gasteiger partial charge in [-0.05, 0) is 31.0 Å². The zero-order valence-corrected chi connectivity index (χ0v) is 11.3. The van der Waals surface area contributed by atoms with E-state index in [2.05, 4.69) is 0 Å². The van der Waals surface area contributed by atoms with Gasteiger partial charge < -0.3 is 5.11 Å². The lowest BCUT2D eigenvalue weighted by atomic mass is 10.2. The summed E-state index contributed by atoms with van der Waals surface area (Å²) in [4.78, 5) is 10.6. The summed E-state index contributed by atoms with van der Waals surface area (Å²) < 4.78 is 38.7. The Balaban J connectivity index is 2.48. The van der Waals surface area contributed by atoms with E-state index in [1.54, 1.807) is 0 Å². The average Bonchev–Trinajstić information content (AvgIpc) is 2.82. The Morgan fingerprint density at radius 2 is 2.16 bits per heavy atom. The van der Waals surface area contributed by atoms with E-state index in [0.717, 1.165) is 22.5 Å². The summed E-state index contributed by atoms with van der Waals surface area (Å²) >= 11 is 5.77. The molecule has 1 saturated heterocycles. The predicted octanol–water partition coefficient (Wildman–Crippen LogP) is 1.72. The molecule has 1 heterocycles. The van der Waals surface area contributed by atoms with Crippen molar-refractivity contribution in [2.45, 2.75) is 23.8 Å². The molecule has 19 heavy (non-hydrogen) atoms. The highest BCUT2D eigenvalue weighted by Crippen LogP contribution is 2.30. The number of carboxylic acids is 1. The summed E-state index contributed by atoms with van der Waals surface area (Å²) in [6.07, 6.45) is 0.685. The minimum Gasteiger partial charge on any atom is -0.480 e. The van der Waals surface area contributed by atoms with Gasteiger partial charge in [-0.2, -0.15) is 4.31 Å². The van der Waals surface area contributed by atoms with Crippen LogP contribution in [-0.2, 0) is 14.8 Å². The Kier molecular flexibility index (Phi) is 3.80. The maximum absolute atomic E-state index is 13.2. The second kappa shape index (κ2) is 5.07. The van der Waals surface area contributed by atoms with Gasteiger partial charge in [-0.3, -0.25) is 4.79 Å². The molecule has 104 valence electrons. The van der Waals surface area contributed by atoms with Gasteiger partial charge in [0, 0.05) is 6.54 Å². The molecule has 1 fully saturated rings. The van der Waals surface area contributed by atoms with Crippen LogP contribution in [0.3, 0.4) is 0 Å². The molecule has 1 aromatic rings. The molecule has 0 aromatic heterocycles. The zero-order valence-electron chi connectivity index (χ0n) is 9.71. The number of carboxylic acid groups (broad SMARTS) is 1. The fourth-order valence-electron chi connectivity index (χ4n) is 2.08. The van der Waals surface area contributed by atoms with Crippen LogP contribution in [0, 0.1) is 5.82 Å². The Morgan fingerprint density at radius 1 is 1.47 bits per heavy atom. The zero-order chi connectivity index (χ0) is 14.2. The van der Waals surface area contributed by atoms with Crippen molar-refractivity contribution < 1.29 is 22.7 Å². The smallest absolute Gasteiger partial charge is 0.322 e. The number of rotatable bonds is 3. The van der Waals surface area contributed by atoms with Crippen LogP contribution in [0.15, 0.2) is 23.1 Å². The SMILES string of the molecule is O=C(O)C1CCCN1S(=O)(=O)c1cc(F)ccc1Cl. The van der Waals surface area contributed by atoms with Gasteiger partial charge in [0.25, 0.3) is 0 Å². The standard InChI is InChI=1S/C11H11ClFNO4S/c12-8-4-3-7(13)6-10(8)19(17,18)14-5-1-2-9(14)11(15)16/h3-4,6,9H,1-2,5H2,(H,15,16). The lowest BCUT2D eigenvalue weighted by Crippen LogP contribution is -2.40.